The Kier molecular flexibility index (Phi) is 4.60. The van der Waals surface area contributed by atoms with Crippen molar-refractivity contribution >= 4 is 17.2 Å². The molecule has 4 atom stereocenters. The first-order chi connectivity index (χ1) is 10.2. The standard InChI is InChI=1S/C16H25N3OS/c1-3-12(16-17-10(2)9-21-16)19-15(20)14-8-11-6-4-5-7-13(11)18-14/h9,11-14,18H,3-8H2,1-2H3,(H,19,20). The van der Waals surface area contributed by atoms with Crippen LogP contribution in [0.4, 0.5) is 0 Å². The van der Waals surface area contributed by atoms with Crippen LogP contribution in [0.2, 0.25) is 0 Å². The number of carbonyl (C=O) groups is 1. The summed E-state index contributed by atoms with van der Waals surface area (Å²) in [7, 11) is 0. The number of hydrogen-bond donors (Lipinski definition) is 2. The maximum absolute atomic E-state index is 12.5. The topological polar surface area (TPSA) is 54.0 Å². The van der Waals surface area contributed by atoms with E-state index in [-0.39, 0.29) is 18.0 Å². The zero-order valence-corrected chi connectivity index (χ0v) is 13.7. The highest BCUT2D eigenvalue weighted by Gasteiger charge is 2.38. The molecule has 2 fully saturated rings. The highest BCUT2D eigenvalue weighted by Crippen LogP contribution is 2.33. The van der Waals surface area contributed by atoms with Gasteiger partial charge in [-0.25, -0.2) is 4.98 Å². The number of rotatable bonds is 4. The Bertz CT molecular complexity index is 487. The van der Waals surface area contributed by atoms with Crippen LogP contribution in [-0.2, 0) is 4.79 Å². The lowest BCUT2D eigenvalue weighted by atomic mass is 9.85. The molecule has 3 rings (SSSR count). The fourth-order valence-corrected chi connectivity index (χ4v) is 4.59. The molecule has 5 heteroatoms. The minimum absolute atomic E-state index is 0.00629. The van der Waals surface area contributed by atoms with Crippen molar-refractivity contribution in [1.29, 1.82) is 0 Å². The molecule has 2 aliphatic rings. The summed E-state index contributed by atoms with van der Waals surface area (Å²) < 4.78 is 0. The smallest absolute Gasteiger partial charge is 0.237 e. The molecule has 1 aliphatic carbocycles. The third-order valence-corrected chi connectivity index (χ3v) is 5.92. The highest BCUT2D eigenvalue weighted by molar-refractivity contribution is 7.09. The molecule has 0 spiro atoms. The van der Waals surface area contributed by atoms with E-state index in [2.05, 4.69) is 22.5 Å². The van der Waals surface area contributed by atoms with Crippen LogP contribution in [0.25, 0.3) is 0 Å². The van der Waals surface area contributed by atoms with Gasteiger partial charge in [0.15, 0.2) is 0 Å². The van der Waals surface area contributed by atoms with Gasteiger partial charge in [0.05, 0.1) is 12.1 Å². The van der Waals surface area contributed by atoms with Gasteiger partial charge in [-0.05, 0) is 38.5 Å². The van der Waals surface area contributed by atoms with Crippen molar-refractivity contribution in [3.63, 3.8) is 0 Å². The number of amides is 1. The van der Waals surface area contributed by atoms with Gasteiger partial charge in [0.25, 0.3) is 0 Å². The van der Waals surface area contributed by atoms with Gasteiger partial charge in [-0.3, -0.25) is 4.79 Å². The van der Waals surface area contributed by atoms with Gasteiger partial charge in [0.2, 0.25) is 5.91 Å². The summed E-state index contributed by atoms with van der Waals surface area (Å²) in [5, 5.41) is 9.82. The second kappa shape index (κ2) is 6.44. The second-order valence-electron chi connectivity index (χ2n) is 6.40. The molecule has 1 aromatic heterocycles. The van der Waals surface area contributed by atoms with Crippen LogP contribution in [0.15, 0.2) is 5.38 Å². The van der Waals surface area contributed by atoms with E-state index in [1.807, 2.05) is 12.3 Å². The summed E-state index contributed by atoms with van der Waals surface area (Å²) in [6.45, 7) is 4.10. The van der Waals surface area contributed by atoms with Gasteiger partial charge in [-0.1, -0.05) is 19.8 Å². The average Bonchev–Trinajstić information content (AvgIpc) is 3.10. The van der Waals surface area contributed by atoms with Crippen LogP contribution in [0.5, 0.6) is 0 Å². The number of fused-ring (bicyclic) bond motifs is 1. The van der Waals surface area contributed by atoms with Crippen molar-refractivity contribution in [2.45, 2.75) is 70.5 Å². The SMILES string of the molecule is CCC(NC(=O)C1CC2CCCCC2N1)c1nc(C)cs1. The second-order valence-corrected chi connectivity index (χ2v) is 7.29. The zero-order chi connectivity index (χ0) is 14.8. The molecule has 4 nitrogen and oxygen atoms in total. The van der Waals surface area contributed by atoms with E-state index in [4.69, 9.17) is 0 Å². The summed E-state index contributed by atoms with van der Waals surface area (Å²) in [5.74, 6) is 0.862. The third-order valence-electron chi connectivity index (χ3n) is 4.84. The Labute approximate surface area is 130 Å². The number of nitrogens with one attached hydrogen (secondary N) is 2. The van der Waals surface area contributed by atoms with Crippen LogP contribution < -0.4 is 10.6 Å². The Morgan fingerprint density at radius 1 is 1.52 bits per heavy atom. The first-order valence-corrected chi connectivity index (χ1v) is 9.03. The molecule has 0 aromatic carbocycles. The van der Waals surface area contributed by atoms with Crippen molar-refractivity contribution in [3.05, 3.63) is 16.1 Å². The molecule has 1 amide bonds. The van der Waals surface area contributed by atoms with Crippen LogP contribution in [0.1, 0.15) is 62.2 Å². The van der Waals surface area contributed by atoms with E-state index in [1.165, 1.54) is 25.7 Å². The van der Waals surface area contributed by atoms with Crippen LogP contribution in [0.3, 0.4) is 0 Å². The first kappa shape index (κ1) is 15.0. The summed E-state index contributed by atoms with van der Waals surface area (Å²) in [4.78, 5) is 17.1. The first-order valence-electron chi connectivity index (χ1n) is 8.15. The third kappa shape index (κ3) is 3.29. The van der Waals surface area contributed by atoms with Crippen molar-refractivity contribution in [3.8, 4) is 0 Å². The molecule has 116 valence electrons. The van der Waals surface area contributed by atoms with Crippen molar-refractivity contribution < 1.29 is 4.79 Å². The number of aromatic nitrogens is 1. The molecule has 0 radical (unpaired) electrons. The lowest BCUT2D eigenvalue weighted by Crippen LogP contribution is -2.44. The molecule has 4 unspecified atom stereocenters. The molecular weight excluding hydrogens is 282 g/mol. The maximum atomic E-state index is 12.5. The molecule has 1 saturated carbocycles. The molecule has 1 aliphatic heterocycles. The van der Waals surface area contributed by atoms with E-state index in [0.717, 1.165) is 23.5 Å². The van der Waals surface area contributed by atoms with Crippen LogP contribution in [-0.4, -0.2) is 23.0 Å². The fraction of sp³-hybridized carbons (Fsp3) is 0.750. The van der Waals surface area contributed by atoms with E-state index in [1.54, 1.807) is 11.3 Å². The summed E-state index contributed by atoms with van der Waals surface area (Å²) in [6.07, 6.45) is 7.04. The summed E-state index contributed by atoms with van der Waals surface area (Å²) in [6, 6.07) is 0.616. The minimum atomic E-state index is -0.00629. The average molecular weight is 307 g/mol. The monoisotopic (exact) mass is 307 g/mol. The van der Waals surface area contributed by atoms with Crippen molar-refractivity contribution in [2.24, 2.45) is 5.92 Å². The predicted octanol–water partition coefficient (Wildman–Crippen LogP) is 2.94. The van der Waals surface area contributed by atoms with E-state index in [9.17, 15) is 4.79 Å². The van der Waals surface area contributed by atoms with Crippen LogP contribution >= 0.6 is 11.3 Å². The number of aryl methyl sites for hydroxylation is 1. The van der Waals surface area contributed by atoms with Gasteiger partial charge in [0, 0.05) is 17.1 Å². The molecule has 2 N–H and O–H groups in total. The normalized spacial score (nSPS) is 29.9. The molecule has 0 bridgehead atoms. The highest BCUT2D eigenvalue weighted by atomic mass is 32.1. The maximum Gasteiger partial charge on any atom is 0.237 e. The number of hydrogen-bond acceptors (Lipinski definition) is 4. The van der Waals surface area contributed by atoms with Gasteiger partial charge in [-0.15, -0.1) is 11.3 Å². The lowest BCUT2D eigenvalue weighted by Gasteiger charge is -2.24. The van der Waals surface area contributed by atoms with E-state index < -0.39 is 0 Å². The van der Waals surface area contributed by atoms with Crippen molar-refractivity contribution in [2.75, 3.05) is 0 Å². The summed E-state index contributed by atoms with van der Waals surface area (Å²) >= 11 is 1.64. The van der Waals surface area contributed by atoms with Gasteiger partial charge in [-0.2, -0.15) is 0 Å². The summed E-state index contributed by atoms with van der Waals surface area (Å²) in [5.41, 5.74) is 1.03. The molecule has 1 saturated heterocycles. The molecule has 21 heavy (non-hydrogen) atoms. The lowest BCUT2D eigenvalue weighted by molar-refractivity contribution is -0.123. The van der Waals surface area contributed by atoms with E-state index in [0.29, 0.717) is 12.0 Å². The van der Waals surface area contributed by atoms with Gasteiger partial charge < -0.3 is 10.6 Å². The minimum Gasteiger partial charge on any atom is -0.346 e. The Hall–Kier alpha value is -0.940. The molecule has 2 heterocycles. The van der Waals surface area contributed by atoms with E-state index >= 15 is 0 Å². The number of nitrogens with zero attached hydrogens (tertiary/aromatic N) is 1. The predicted molar refractivity (Wildman–Crippen MR) is 85.3 cm³/mol. The van der Waals surface area contributed by atoms with Gasteiger partial charge >= 0.3 is 0 Å². The number of thiazole rings is 1. The van der Waals surface area contributed by atoms with Crippen LogP contribution in [0, 0.1) is 12.8 Å². The zero-order valence-electron chi connectivity index (χ0n) is 12.9. The molecular formula is C16H25N3OS. The largest absolute Gasteiger partial charge is 0.346 e. The number of carbonyl (C=O) groups excluding carboxylic acids is 1. The van der Waals surface area contributed by atoms with Crippen molar-refractivity contribution in [1.82, 2.24) is 15.6 Å². The Balaban J connectivity index is 1.60. The van der Waals surface area contributed by atoms with Gasteiger partial charge in [0.1, 0.15) is 5.01 Å². The Morgan fingerprint density at radius 3 is 3.00 bits per heavy atom. The quantitative estimate of drug-likeness (QED) is 0.899. The molecule has 1 aromatic rings. The Morgan fingerprint density at radius 2 is 2.33 bits per heavy atom. The fourth-order valence-electron chi connectivity index (χ4n) is 3.66.